The van der Waals surface area contributed by atoms with Crippen LogP contribution in [0, 0.1) is 41.4 Å². The summed E-state index contributed by atoms with van der Waals surface area (Å²) in [5, 5.41) is 0. The van der Waals surface area contributed by atoms with Gasteiger partial charge in [-0.15, -0.1) is 0 Å². The Hall–Kier alpha value is -0.920. The fraction of sp³-hybridized carbons (Fsp3) is 0.750. The highest BCUT2D eigenvalue weighted by atomic mass is 16.1. The predicted molar refractivity (Wildman–Crippen MR) is 69.8 cm³/mol. The first-order chi connectivity index (χ1) is 8.50. The van der Waals surface area contributed by atoms with E-state index in [-0.39, 0.29) is 23.4 Å². The molecular formula is C16H22O2. The topological polar surface area (TPSA) is 34.1 Å². The highest BCUT2D eigenvalue weighted by Gasteiger charge is 2.56. The van der Waals surface area contributed by atoms with Crippen molar-refractivity contribution in [2.45, 2.75) is 33.6 Å². The van der Waals surface area contributed by atoms with Crippen LogP contribution in [-0.2, 0) is 9.59 Å². The highest BCUT2D eigenvalue weighted by molar-refractivity contribution is 6.07. The summed E-state index contributed by atoms with van der Waals surface area (Å²) in [5.74, 6) is 3.18. The second-order valence-corrected chi connectivity index (χ2v) is 6.87. The molecule has 0 heterocycles. The number of hydrogen-bond donors (Lipinski definition) is 0. The van der Waals surface area contributed by atoms with E-state index < -0.39 is 0 Å². The van der Waals surface area contributed by atoms with Crippen LogP contribution in [0.1, 0.15) is 33.6 Å². The Balaban J connectivity index is 2.01. The summed E-state index contributed by atoms with van der Waals surface area (Å²) in [7, 11) is 0. The van der Waals surface area contributed by atoms with Crippen molar-refractivity contribution in [1.29, 1.82) is 0 Å². The van der Waals surface area contributed by atoms with Gasteiger partial charge in [-0.25, -0.2) is 0 Å². The van der Waals surface area contributed by atoms with E-state index in [1.165, 1.54) is 12.2 Å². The number of carbonyl (C=O) groups excluding carboxylic acids is 2. The molecule has 4 rings (SSSR count). The van der Waals surface area contributed by atoms with Gasteiger partial charge >= 0.3 is 0 Å². The summed E-state index contributed by atoms with van der Waals surface area (Å²) < 4.78 is 0. The summed E-state index contributed by atoms with van der Waals surface area (Å²) in [6, 6.07) is 0. The van der Waals surface area contributed by atoms with Gasteiger partial charge in [-0.05, 0) is 54.6 Å². The van der Waals surface area contributed by atoms with E-state index in [1.54, 1.807) is 0 Å². The van der Waals surface area contributed by atoms with Gasteiger partial charge in [0.15, 0.2) is 11.6 Å². The van der Waals surface area contributed by atoms with Crippen LogP contribution >= 0.6 is 0 Å². The molecule has 4 aliphatic rings. The maximum Gasteiger partial charge on any atom is 0.159 e. The van der Waals surface area contributed by atoms with Gasteiger partial charge in [0.25, 0.3) is 0 Å². The first-order valence-corrected chi connectivity index (χ1v) is 7.26. The van der Waals surface area contributed by atoms with E-state index in [9.17, 15) is 9.59 Å². The zero-order valence-corrected chi connectivity index (χ0v) is 11.4. The molecule has 2 bridgehead atoms. The minimum absolute atomic E-state index is 0.00449. The van der Waals surface area contributed by atoms with E-state index in [2.05, 4.69) is 20.8 Å². The zero-order chi connectivity index (χ0) is 13.0. The molecule has 0 aromatic heterocycles. The molecule has 0 saturated heterocycles. The average Bonchev–Trinajstić information content (AvgIpc) is 2.33. The third-order valence-electron chi connectivity index (χ3n) is 5.70. The fourth-order valence-electron chi connectivity index (χ4n) is 4.88. The van der Waals surface area contributed by atoms with Crippen molar-refractivity contribution < 1.29 is 9.59 Å². The first kappa shape index (κ1) is 12.1. The van der Waals surface area contributed by atoms with Crippen LogP contribution in [0.3, 0.4) is 0 Å². The normalized spacial score (nSPS) is 46.7. The smallest absolute Gasteiger partial charge is 0.159 e. The number of ketones is 2. The Morgan fingerprint density at radius 1 is 1.00 bits per heavy atom. The van der Waals surface area contributed by atoms with Crippen LogP contribution < -0.4 is 0 Å². The maximum absolute atomic E-state index is 12.2. The van der Waals surface area contributed by atoms with E-state index in [4.69, 9.17) is 0 Å². The average molecular weight is 246 g/mol. The fourth-order valence-corrected chi connectivity index (χ4v) is 4.88. The minimum atomic E-state index is 0.00449. The molecule has 0 aliphatic heterocycles. The molecule has 0 radical (unpaired) electrons. The van der Waals surface area contributed by atoms with Gasteiger partial charge in [0.2, 0.25) is 0 Å². The molecule has 0 aromatic rings. The molecule has 0 aromatic carbocycles. The van der Waals surface area contributed by atoms with Crippen LogP contribution in [0.15, 0.2) is 12.2 Å². The number of carbonyl (C=O) groups is 2. The maximum atomic E-state index is 12.2. The Labute approximate surface area is 109 Å². The first-order valence-electron chi connectivity index (χ1n) is 7.26. The zero-order valence-electron chi connectivity index (χ0n) is 11.4. The Morgan fingerprint density at radius 2 is 1.56 bits per heavy atom. The molecule has 3 fully saturated rings. The molecular weight excluding hydrogens is 224 g/mol. The second kappa shape index (κ2) is 4.04. The van der Waals surface area contributed by atoms with Crippen molar-refractivity contribution in [2.24, 2.45) is 41.4 Å². The third-order valence-corrected chi connectivity index (χ3v) is 5.70. The van der Waals surface area contributed by atoms with Gasteiger partial charge in [0.1, 0.15) is 0 Å². The van der Waals surface area contributed by atoms with Crippen LogP contribution in [0.5, 0.6) is 0 Å². The number of hydrogen-bond acceptors (Lipinski definition) is 2. The predicted octanol–water partition coefficient (Wildman–Crippen LogP) is 2.87. The van der Waals surface area contributed by atoms with Crippen LogP contribution in [-0.4, -0.2) is 11.6 Å². The summed E-state index contributed by atoms with van der Waals surface area (Å²) in [5.41, 5.74) is 0. The van der Waals surface area contributed by atoms with Crippen molar-refractivity contribution in [2.75, 3.05) is 0 Å². The molecule has 6 atom stereocenters. The SMILES string of the molecule is CC(C)C1C[C@H]2C3C(=O)C=CC(=O)C3C1C[C@@H]2C. The van der Waals surface area contributed by atoms with E-state index in [0.717, 1.165) is 12.8 Å². The van der Waals surface area contributed by atoms with Crippen molar-refractivity contribution in [1.82, 2.24) is 0 Å². The van der Waals surface area contributed by atoms with Gasteiger partial charge in [-0.2, -0.15) is 0 Å². The Bertz CT molecular complexity index is 421. The van der Waals surface area contributed by atoms with Crippen LogP contribution in [0.2, 0.25) is 0 Å². The lowest BCUT2D eigenvalue weighted by molar-refractivity contribution is -0.149. The standard InChI is InChI=1S/C16H22O2/c1-8(2)10-7-11-9(3)6-12(10)16-14(18)5-4-13(17)15(11)16/h4-5,8-12,15-16H,6-7H2,1-3H3/t9-,10?,11+,12?,15?,16?/m0/s1. The molecule has 4 unspecified atom stereocenters. The van der Waals surface area contributed by atoms with Gasteiger partial charge in [0.05, 0.1) is 0 Å². The Kier molecular flexibility index (Phi) is 2.72. The van der Waals surface area contributed by atoms with E-state index in [1.807, 2.05) is 0 Å². The number of fused-ring (bicyclic) bond motifs is 2. The molecule has 3 saturated carbocycles. The summed E-state index contributed by atoms with van der Waals surface area (Å²) in [6.45, 7) is 6.78. The molecule has 18 heavy (non-hydrogen) atoms. The van der Waals surface area contributed by atoms with Crippen molar-refractivity contribution >= 4 is 11.6 Å². The largest absolute Gasteiger partial charge is 0.295 e. The lowest BCUT2D eigenvalue weighted by atomic mass is 9.47. The van der Waals surface area contributed by atoms with Gasteiger partial charge in [-0.3, -0.25) is 9.59 Å². The molecule has 0 N–H and O–H groups in total. The molecule has 4 aliphatic carbocycles. The lowest BCUT2D eigenvalue weighted by Crippen LogP contribution is -2.55. The van der Waals surface area contributed by atoms with Crippen molar-refractivity contribution in [3.8, 4) is 0 Å². The second-order valence-electron chi connectivity index (χ2n) is 6.87. The molecule has 2 nitrogen and oxygen atoms in total. The Morgan fingerprint density at radius 3 is 2.11 bits per heavy atom. The molecule has 0 amide bonds. The molecule has 2 heteroatoms. The summed E-state index contributed by atoms with van der Waals surface area (Å²) >= 11 is 0. The lowest BCUT2D eigenvalue weighted by Gasteiger charge is -2.56. The highest BCUT2D eigenvalue weighted by Crippen LogP contribution is 2.57. The summed E-state index contributed by atoms with van der Waals surface area (Å²) in [6.07, 6.45) is 5.35. The number of rotatable bonds is 1. The molecule has 0 spiro atoms. The third kappa shape index (κ3) is 1.54. The van der Waals surface area contributed by atoms with Gasteiger partial charge < -0.3 is 0 Å². The summed E-state index contributed by atoms with van der Waals surface area (Å²) in [4.78, 5) is 24.3. The van der Waals surface area contributed by atoms with E-state index in [0.29, 0.717) is 29.6 Å². The van der Waals surface area contributed by atoms with Crippen LogP contribution in [0.25, 0.3) is 0 Å². The number of allylic oxidation sites excluding steroid dienone is 2. The quantitative estimate of drug-likeness (QED) is 0.713. The van der Waals surface area contributed by atoms with Crippen molar-refractivity contribution in [3.05, 3.63) is 12.2 Å². The minimum Gasteiger partial charge on any atom is -0.295 e. The van der Waals surface area contributed by atoms with Crippen LogP contribution in [0.4, 0.5) is 0 Å². The van der Waals surface area contributed by atoms with Crippen molar-refractivity contribution in [3.63, 3.8) is 0 Å². The van der Waals surface area contributed by atoms with Gasteiger partial charge in [0, 0.05) is 11.8 Å². The molecule has 98 valence electrons. The monoisotopic (exact) mass is 246 g/mol. The van der Waals surface area contributed by atoms with E-state index >= 15 is 0 Å². The van der Waals surface area contributed by atoms with Gasteiger partial charge in [-0.1, -0.05) is 20.8 Å².